The van der Waals surface area contributed by atoms with Gasteiger partial charge >= 0.3 is 0 Å². The summed E-state index contributed by atoms with van der Waals surface area (Å²) in [6.45, 7) is 7.12. The maximum Gasteiger partial charge on any atom is 0.127 e. The monoisotopic (exact) mass is 221 g/mol. The van der Waals surface area contributed by atoms with E-state index in [4.69, 9.17) is 4.74 Å². The van der Waals surface area contributed by atoms with Crippen LogP contribution in [-0.2, 0) is 4.74 Å². The Morgan fingerprint density at radius 1 is 1.38 bits per heavy atom. The lowest BCUT2D eigenvalue weighted by Gasteiger charge is -2.29. The molecular formula is C12H19N3O. The highest BCUT2D eigenvalue weighted by Gasteiger charge is 2.32. The van der Waals surface area contributed by atoms with Crippen LogP contribution in [0.1, 0.15) is 30.1 Å². The van der Waals surface area contributed by atoms with Crippen molar-refractivity contribution >= 4 is 5.82 Å². The highest BCUT2D eigenvalue weighted by Crippen LogP contribution is 2.35. The molecule has 1 saturated heterocycles. The Morgan fingerprint density at radius 3 is 3.00 bits per heavy atom. The molecule has 2 aliphatic heterocycles. The molecular weight excluding hydrogens is 202 g/mol. The second-order valence-corrected chi connectivity index (χ2v) is 4.91. The van der Waals surface area contributed by atoms with Crippen molar-refractivity contribution in [3.8, 4) is 0 Å². The van der Waals surface area contributed by atoms with Gasteiger partial charge in [-0.25, -0.2) is 4.68 Å². The molecule has 2 atom stereocenters. The van der Waals surface area contributed by atoms with Crippen LogP contribution >= 0.6 is 0 Å². The molecule has 88 valence electrons. The number of aromatic nitrogens is 2. The second kappa shape index (κ2) is 3.77. The third kappa shape index (κ3) is 1.44. The summed E-state index contributed by atoms with van der Waals surface area (Å²) in [4.78, 5) is 0. The van der Waals surface area contributed by atoms with E-state index in [2.05, 4.69) is 28.9 Å². The predicted molar refractivity (Wildman–Crippen MR) is 62.8 cm³/mol. The topological polar surface area (TPSA) is 39.1 Å². The van der Waals surface area contributed by atoms with Gasteiger partial charge in [0, 0.05) is 24.6 Å². The van der Waals surface area contributed by atoms with Crippen molar-refractivity contribution in [3.05, 3.63) is 11.3 Å². The van der Waals surface area contributed by atoms with Gasteiger partial charge in [0.15, 0.2) is 0 Å². The number of rotatable bonds is 1. The van der Waals surface area contributed by atoms with E-state index in [0.29, 0.717) is 12.0 Å². The van der Waals surface area contributed by atoms with E-state index in [1.165, 1.54) is 24.2 Å². The lowest BCUT2D eigenvalue weighted by atomic mass is 9.95. The molecule has 16 heavy (non-hydrogen) atoms. The van der Waals surface area contributed by atoms with Crippen molar-refractivity contribution in [2.24, 2.45) is 5.92 Å². The van der Waals surface area contributed by atoms with E-state index in [1.54, 1.807) is 0 Å². The zero-order chi connectivity index (χ0) is 11.1. The second-order valence-electron chi connectivity index (χ2n) is 4.91. The quantitative estimate of drug-likeness (QED) is 0.787. The van der Waals surface area contributed by atoms with Gasteiger partial charge in [0.1, 0.15) is 5.82 Å². The molecule has 1 fully saturated rings. The Kier molecular flexibility index (Phi) is 2.39. The molecule has 0 amide bonds. The van der Waals surface area contributed by atoms with E-state index in [1.807, 2.05) is 0 Å². The van der Waals surface area contributed by atoms with Crippen LogP contribution in [0.25, 0.3) is 0 Å². The zero-order valence-electron chi connectivity index (χ0n) is 9.99. The Balaban J connectivity index is 1.96. The first kappa shape index (κ1) is 10.1. The molecule has 0 aromatic carbocycles. The molecule has 3 heterocycles. The maximum atomic E-state index is 5.50. The zero-order valence-corrected chi connectivity index (χ0v) is 9.99. The van der Waals surface area contributed by atoms with Crippen molar-refractivity contribution in [2.45, 2.75) is 32.7 Å². The first-order valence-electron chi connectivity index (χ1n) is 6.14. The van der Waals surface area contributed by atoms with Gasteiger partial charge in [0.25, 0.3) is 0 Å². The predicted octanol–water partition coefficient (Wildman–Crippen LogP) is 1.89. The fraction of sp³-hybridized carbons (Fsp3) is 0.750. The molecule has 1 N–H and O–H groups in total. The Labute approximate surface area is 96.0 Å². The molecule has 4 heteroatoms. The minimum Gasteiger partial charge on any atom is -0.381 e. The smallest absolute Gasteiger partial charge is 0.127 e. The standard InChI is InChI=1S/C12H19N3O/c1-8-9(2)14-15-11(3-5-13-12(8)15)10-4-6-16-7-10/h10-11,13H,3-7H2,1-2H3. The number of ether oxygens (including phenoxy) is 1. The average Bonchev–Trinajstić information content (AvgIpc) is 2.89. The molecule has 2 unspecified atom stereocenters. The van der Waals surface area contributed by atoms with Crippen LogP contribution in [0.5, 0.6) is 0 Å². The molecule has 0 saturated carbocycles. The van der Waals surface area contributed by atoms with Crippen LogP contribution in [0.15, 0.2) is 0 Å². The molecule has 0 bridgehead atoms. The minimum absolute atomic E-state index is 0.533. The summed E-state index contributed by atoms with van der Waals surface area (Å²) >= 11 is 0. The van der Waals surface area contributed by atoms with Crippen LogP contribution in [0.2, 0.25) is 0 Å². The van der Waals surface area contributed by atoms with Gasteiger partial charge in [-0.3, -0.25) is 0 Å². The first-order valence-corrected chi connectivity index (χ1v) is 6.14. The summed E-state index contributed by atoms with van der Waals surface area (Å²) in [7, 11) is 0. The molecule has 3 rings (SSSR count). The van der Waals surface area contributed by atoms with E-state index >= 15 is 0 Å². The highest BCUT2D eigenvalue weighted by atomic mass is 16.5. The maximum absolute atomic E-state index is 5.50. The third-order valence-electron chi connectivity index (χ3n) is 3.94. The van der Waals surface area contributed by atoms with Crippen molar-refractivity contribution in [2.75, 3.05) is 25.1 Å². The summed E-state index contributed by atoms with van der Waals surface area (Å²) in [5, 5.41) is 8.14. The van der Waals surface area contributed by atoms with Crippen LogP contribution in [0.4, 0.5) is 5.82 Å². The lowest BCUT2D eigenvalue weighted by molar-refractivity contribution is 0.167. The van der Waals surface area contributed by atoms with Crippen molar-refractivity contribution < 1.29 is 4.74 Å². The number of nitrogens with zero attached hydrogens (tertiary/aromatic N) is 2. The summed E-state index contributed by atoms with van der Waals surface area (Å²) in [6.07, 6.45) is 2.35. The largest absolute Gasteiger partial charge is 0.381 e. The van der Waals surface area contributed by atoms with E-state index in [9.17, 15) is 0 Å². The molecule has 2 aliphatic rings. The summed E-state index contributed by atoms with van der Waals surface area (Å²) in [5.41, 5.74) is 2.44. The van der Waals surface area contributed by atoms with E-state index in [-0.39, 0.29) is 0 Å². The van der Waals surface area contributed by atoms with Gasteiger partial charge in [-0.1, -0.05) is 0 Å². The van der Waals surface area contributed by atoms with E-state index < -0.39 is 0 Å². The van der Waals surface area contributed by atoms with Crippen LogP contribution in [0, 0.1) is 19.8 Å². The Morgan fingerprint density at radius 2 is 2.25 bits per heavy atom. The van der Waals surface area contributed by atoms with Crippen LogP contribution in [-0.4, -0.2) is 29.5 Å². The number of hydrogen-bond donors (Lipinski definition) is 1. The molecule has 1 aromatic heterocycles. The highest BCUT2D eigenvalue weighted by molar-refractivity contribution is 5.48. The van der Waals surface area contributed by atoms with Gasteiger partial charge in [-0.15, -0.1) is 0 Å². The van der Waals surface area contributed by atoms with Gasteiger partial charge in [0.2, 0.25) is 0 Å². The first-order chi connectivity index (χ1) is 7.77. The number of aryl methyl sites for hydroxylation is 1. The van der Waals surface area contributed by atoms with Crippen molar-refractivity contribution in [3.63, 3.8) is 0 Å². The number of nitrogens with one attached hydrogen (secondary N) is 1. The van der Waals surface area contributed by atoms with Crippen LogP contribution < -0.4 is 5.32 Å². The summed E-state index contributed by atoms with van der Waals surface area (Å²) in [6, 6.07) is 0.533. The molecule has 0 aliphatic carbocycles. The molecule has 1 aromatic rings. The van der Waals surface area contributed by atoms with Gasteiger partial charge in [0.05, 0.1) is 18.3 Å². The van der Waals surface area contributed by atoms with Crippen molar-refractivity contribution in [1.29, 1.82) is 0 Å². The fourth-order valence-electron chi connectivity index (χ4n) is 2.84. The lowest BCUT2D eigenvalue weighted by Crippen LogP contribution is -2.29. The van der Waals surface area contributed by atoms with Gasteiger partial charge < -0.3 is 10.1 Å². The van der Waals surface area contributed by atoms with Crippen molar-refractivity contribution in [1.82, 2.24) is 9.78 Å². The Bertz CT molecular complexity index is 393. The number of anilines is 1. The number of hydrogen-bond acceptors (Lipinski definition) is 3. The third-order valence-corrected chi connectivity index (χ3v) is 3.94. The normalized spacial score (nSPS) is 28.9. The summed E-state index contributed by atoms with van der Waals surface area (Å²) in [5.74, 6) is 1.88. The average molecular weight is 221 g/mol. The Hall–Kier alpha value is -1.03. The molecule has 0 spiro atoms. The summed E-state index contributed by atoms with van der Waals surface area (Å²) < 4.78 is 7.70. The van der Waals surface area contributed by atoms with E-state index in [0.717, 1.165) is 25.5 Å². The molecule has 0 radical (unpaired) electrons. The van der Waals surface area contributed by atoms with Gasteiger partial charge in [-0.05, 0) is 26.7 Å². The SMILES string of the molecule is Cc1nn2c(c1C)NCCC2C1CCOC1. The number of fused-ring (bicyclic) bond motifs is 1. The van der Waals surface area contributed by atoms with Crippen LogP contribution in [0.3, 0.4) is 0 Å². The molecule has 4 nitrogen and oxygen atoms in total. The van der Waals surface area contributed by atoms with Gasteiger partial charge in [-0.2, -0.15) is 5.10 Å². The fourth-order valence-corrected chi connectivity index (χ4v) is 2.84. The minimum atomic E-state index is 0.533.